The van der Waals surface area contributed by atoms with Crippen molar-refractivity contribution in [3.63, 3.8) is 0 Å². The molecule has 3 amide bonds. The summed E-state index contributed by atoms with van der Waals surface area (Å²) in [5.41, 5.74) is 17.2. The fourth-order valence-electron chi connectivity index (χ4n) is 2.81. The van der Waals surface area contributed by atoms with Crippen molar-refractivity contribution in [1.29, 1.82) is 0 Å². The highest BCUT2D eigenvalue weighted by atomic mass is 16.4. The molecular weight excluding hydrogens is 446 g/mol. The van der Waals surface area contributed by atoms with E-state index in [1.165, 1.54) is 26.0 Å². The Labute approximate surface area is 197 Å². The molecule has 0 bridgehead atoms. The fraction of sp³-hybridized carbons (Fsp3) is 0.476. The summed E-state index contributed by atoms with van der Waals surface area (Å²) in [5.74, 6) is -3.21. The zero-order valence-electron chi connectivity index (χ0n) is 19.2. The third kappa shape index (κ3) is 10.2. The van der Waals surface area contributed by atoms with Gasteiger partial charge in [0.2, 0.25) is 17.7 Å². The number of carboxylic acids is 1. The fourth-order valence-corrected chi connectivity index (χ4v) is 2.81. The summed E-state index contributed by atoms with van der Waals surface area (Å²) in [7, 11) is 0. The molecule has 1 aromatic carbocycles. The van der Waals surface area contributed by atoms with Crippen LogP contribution in [0.5, 0.6) is 5.75 Å². The molecule has 188 valence electrons. The van der Waals surface area contributed by atoms with Crippen LogP contribution in [0.1, 0.15) is 32.3 Å². The molecule has 0 saturated carbocycles. The van der Waals surface area contributed by atoms with Crippen LogP contribution in [0.3, 0.4) is 0 Å². The van der Waals surface area contributed by atoms with E-state index >= 15 is 0 Å². The molecule has 0 fully saturated rings. The monoisotopic (exact) mass is 479 g/mol. The highest BCUT2D eigenvalue weighted by molar-refractivity contribution is 5.93. The Morgan fingerprint density at radius 1 is 0.941 bits per heavy atom. The largest absolute Gasteiger partial charge is 0.508 e. The SMILES string of the molecule is CC(NC(=O)C(CCCN=C(N)N)NC(=O)C(C)NC(=O)C(N)Cc1ccc(O)cc1)C(=O)O. The number of aliphatic imine (C=N–C) groups is 1. The van der Waals surface area contributed by atoms with Crippen LogP contribution >= 0.6 is 0 Å². The Morgan fingerprint density at radius 3 is 2.09 bits per heavy atom. The van der Waals surface area contributed by atoms with Gasteiger partial charge in [0.1, 0.15) is 23.9 Å². The summed E-state index contributed by atoms with van der Waals surface area (Å²) in [6.07, 6.45) is 0.640. The van der Waals surface area contributed by atoms with Crippen LogP contribution in [-0.2, 0) is 25.6 Å². The van der Waals surface area contributed by atoms with E-state index in [2.05, 4.69) is 20.9 Å². The van der Waals surface area contributed by atoms with Crippen molar-refractivity contribution >= 4 is 29.7 Å². The molecule has 0 aliphatic rings. The number of nitrogens with one attached hydrogen (secondary N) is 3. The molecule has 0 saturated heterocycles. The minimum atomic E-state index is -1.23. The molecule has 0 spiro atoms. The van der Waals surface area contributed by atoms with E-state index in [-0.39, 0.29) is 31.1 Å². The number of nitrogens with two attached hydrogens (primary N) is 3. The van der Waals surface area contributed by atoms with Gasteiger partial charge in [-0.1, -0.05) is 12.1 Å². The van der Waals surface area contributed by atoms with Gasteiger partial charge in [-0.25, -0.2) is 0 Å². The van der Waals surface area contributed by atoms with Crippen LogP contribution in [0.15, 0.2) is 29.3 Å². The van der Waals surface area contributed by atoms with Crippen LogP contribution in [-0.4, -0.2) is 70.6 Å². The van der Waals surface area contributed by atoms with Crippen molar-refractivity contribution in [3.05, 3.63) is 29.8 Å². The number of hydrogen-bond acceptors (Lipinski definition) is 7. The van der Waals surface area contributed by atoms with E-state index in [1.54, 1.807) is 12.1 Å². The van der Waals surface area contributed by atoms with Crippen LogP contribution < -0.4 is 33.2 Å². The molecule has 0 radical (unpaired) electrons. The molecule has 1 aromatic rings. The first-order chi connectivity index (χ1) is 15.9. The van der Waals surface area contributed by atoms with Crippen molar-refractivity contribution in [3.8, 4) is 5.75 Å². The molecule has 4 unspecified atom stereocenters. The Kier molecular flexibility index (Phi) is 11.3. The number of amides is 3. The van der Waals surface area contributed by atoms with Gasteiger partial charge < -0.3 is 43.4 Å². The van der Waals surface area contributed by atoms with Crippen molar-refractivity contribution in [2.75, 3.05) is 6.54 Å². The third-order valence-corrected chi connectivity index (χ3v) is 4.79. The summed E-state index contributed by atoms with van der Waals surface area (Å²) in [6, 6.07) is 1.98. The molecule has 0 heterocycles. The highest BCUT2D eigenvalue weighted by Crippen LogP contribution is 2.11. The van der Waals surface area contributed by atoms with Gasteiger partial charge in [-0.05, 0) is 50.8 Å². The van der Waals surface area contributed by atoms with E-state index in [0.717, 1.165) is 5.56 Å². The van der Waals surface area contributed by atoms with Crippen LogP contribution in [0.4, 0.5) is 0 Å². The van der Waals surface area contributed by atoms with Crippen LogP contribution in [0.2, 0.25) is 0 Å². The summed E-state index contributed by atoms with van der Waals surface area (Å²) >= 11 is 0. The minimum absolute atomic E-state index is 0.0849. The first-order valence-corrected chi connectivity index (χ1v) is 10.6. The molecule has 0 aliphatic carbocycles. The standard InChI is InChI=1S/C21H33N7O6/c1-11(26-18(31)15(22)10-13-5-7-14(29)8-6-13)17(30)28-16(4-3-9-25-21(23)24)19(32)27-12(2)20(33)34/h5-8,11-12,15-16,29H,3-4,9-10,22H2,1-2H3,(H,26,31)(H,27,32)(H,28,30)(H,33,34)(H4,23,24,25). The number of benzene rings is 1. The van der Waals surface area contributed by atoms with Crippen molar-refractivity contribution in [1.82, 2.24) is 16.0 Å². The number of aromatic hydroxyl groups is 1. The zero-order chi connectivity index (χ0) is 25.8. The number of rotatable bonds is 13. The molecule has 0 aliphatic heterocycles. The zero-order valence-corrected chi connectivity index (χ0v) is 19.2. The predicted molar refractivity (Wildman–Crippen MR) is 124 cm³/mol. The first-order valence-electron chi connectivity index (χ1n) is 10.6. The van der Waals surface area contributed by atoms with E-state index in [1.807, 2.05) is 0 Å². The van der Waals surface area contributed by atoms with Gasteiger partial charge in [0, 0.05) is 6.54 Å². The number of carbonyl (C=O) groups is 4. The lowest BCUT2D eigenvalue weighted by molar-refractivity contribution is -0.141. The lowest BCUT2D eigenvalue weighted by Crippen LogP contribution is -2.56. The number of carbonyl (C=O) groups excluding carboxylic acids is 3. The van der Waals surface area contributed by atoms with Gasteiger partial charge in [-0.15, -0.1) is 0 Å². The molecule has 34 heavy (non-hydrogen) atoms. The summed E-state index contributed by atoms with van der Waals surface area (Å²) in [4.78, 5) is 52.4. The second-order valence-electron chi connectivity index (χ2n) is 7.79. The van der Waals surface area contributed by atoms with Crippen LogP contribution in [0.25, 0.3) is 0 Å². The average molecular weight is 480 g/mol. The Bertz CT molecular complexity index is 886. The molecule has 11 N–H and O–H groups in total. The predicted octanol–water partition coefficient (Wildman–Crippen LogP) is -2.11. The normalized spacial score (nSPS) is 14.1. The summed E-state index contributed by atoms with van der Waals surface area (Å²) in [5, 5.41) is 25.6. The topological polar surface area (TPSA) is 235 Å². The van der Waals surface area contributed by atoms with Crippen molar-refractivity contribution in [2.24, 2.45) is 22.2 Å². The Morgan fingerprint density at radius 2 is 1.53 bits per heavy atom. The number of carboxylic acid groups (broad SMARTS) is 1. The number of aliphatic carboxylic acids is 1. The third-order valence-electron chi connectivity index (χ3n) is 4.79. The van der Waals surface area contributed by atoms with E-state index in [4.69, 9.17) is 22.3 Å². The molecular formula is C21H33N7O6. The van der Waals surface area contributed by atoms with E-state index in [0.29, 0.717) is 6.42 Å². The van der Waals surface area contributed by atoms with Crippen LogP contribution in [0, 0.1) is 0 Å². The lowest BCUT2D eigenvalue weighted by atomic mass is 10.1. The first kappa shape index (κ1) is 28.2. The average Bonchev–Trinajstić information content (AvgIpc) is 2.76. The second-order valence-corrected chi connectivity index (χ2v) is 7.79. The Hall–Kier alpha value is -3.87. The maximum atomic E-state index is 12.6. The van der Waals surface area contributed by atoms with Gasteiger partial charge in [0.05, 0.1) is 6.04 Å². The molecule has 0 aromatic heterocycles. The molecule has 13 nitrogen and oxygen atoms in total. The van der Waals surface area contributed by atoms with E-state index in [9.17, 15) is 24.3 Å². The van der Waals surface area contributed by atoms with Crippen molar-refractivity contribution < 1.29 is 29.4 Å². The summed E-state index contributed by atoms with van der Waals surface area (Å²) in [6.45, 7) is 2.92. The van der Waals surface area contributed by atoms with Gasteiger partial charge in [-0.3, -0.25) is 24.2 Å². The minimum Gasteiger partial charge on any atom is -0.508 e. The molecule has 13 heteroatoms. The lowest BCUT2D eigenvalue weighted by Gasteiger charge is -2.23. The van der Waals surface area contributed by atoms with Gasteiger partial charge in [0.15, 0.2) is 5.96 Å². The van der Waals surface area contributed by atoms with Gasteiger partial charge in [0.25, 0.3) is 0 Å². The highest BCUT2D eigenvalue weighted by Gasteiger charge is 2.27. The second kappa shape index (κ2) is 13.6. The van der Waals surface area contributed by atoms with Crippen molar-refractivity contribution in [2.45, 2.75) is 57.3 Å². The summed E-state index contributed by atoms with van der Waals surface area (Å²) < 4.78 is 0. The van der Waals surface area contributed by atoms with Gasteiger partial charge in [-0.2, -0.15) is 0 Å². The van der Waals surface area contributed by atoms with Gasteiger partial charge >= 0.3 is 5.97 Å². The molecule has 4 atom stereocenters. The number of guanidine groups is 1. The molecule has 1 rings (SSSR count). The number of phenols is 1. The maximum Gasteiger partial charge on any atom is 0.325 e. The number of hydrogen-bond donors (Lipinski definition) is 8. The number of nitrogens with zero attached hydrogens (tertiary/aromatic N) is 1. The quantitative estimate of drug-likeness (QED) is 0.0876. The smallest absolute Gasteiger partial charge is 0.325 e. The Balaban J connectivity index is 2.72. The van der Waals surface area contributed by atoms with E-state index < -0.39 is 47.9 Å². The number of phenolic OH excluding ortho intramolecular Hbond substituents is 1. The maximum absolute atomic E-state index is 12.6.